The largest absolute Gasteiger partial charge is 0.361 e. The zero-order valence-electron chi connectivity index (χ0n) is 17.7. The van der Waals surface area contributed by atoms with Crippen molar-refractivity contribution in [3.05, 3.63) is 65.7 Å². The van der Waals surface area contributed by atoms with E-state index in [2.05, 4.69) is 59.2 Å². The molecular weight excluding hydrogens is 419 g/mol. The Hall–Kier alpha value is -3.44. The first kappa shape index (κ1) is 25.6. The minimum atomic E-state index is -0.893. The zero-order chi connectivity index (χ0) is 23.2. The zero-order valence-corrected chi connectivity index (χ0v) is 18.5. The van der Waals surface area contributed by atoms with Gasteiger partial charge in [0.15, 0.2) is 0 Å². The number of rotatable bonds is 6. The number of nitrogens with one attached hydrogen (secondary N) is 2. The van der Waals surface area contributed by atoms with Crippen LogP contribution in [0, 0.1) is 24.8 Å². The highest BCUT2D eigenvalue weighted by Gasteiger charge is 2.07. The maximum absolute atomic E-state index is 13.5. The molecule has 0 unspecified atom stereocenters. The van der Waals surface area contributed by atoms with E-state index >= 15 is 0 Å². The molecule has 0 aliphatic carbocycles. The monoisotopic (exact) mass is 444 g/mol. The average Bonchev–Trinajstić information content (AvgIpc) is 3.28. The van der Waals surface area contributed by atoms with Crippen LogP contribution in [0.2, 0.25) is 5.02 Å². The number of hydrogen-bond acceptors (Lipinski definition) is 5. The highest BCUT2D eigenvalue weighted by molar-refractivity contribution is 6.30. The summed E-state index contributed by atoms with van der Waals surface area (Å²) in [5.74, 6) is 1.10. The molecule has 2 aromatic heterocycles. The minimum absolute atomic E-state index is 0.0482. The van der Waals surface area contributed by atoms with E-state index in [0.29, 0.717) is 17.4 Å². The van der Waals surface area contributed by atoms with Crippen molar-refractivity contribution in [1.82, 2.24) is 24.8 Å². The van der Waals surface area contributed by atoms with Crippen molar-refractivity contribution in [3.63, 3.8) is 0 Å². The van der Waals surface area contributed by atoms with Gasteiger partial charge in [0, 0.05) is 30.0 Å². The van der Waals surface area contributed by atoms with Crippen LogP contribution in [0.25, 0.3) is 5.82 Å². The molecule has 2 heterocycles. The summed E-state index contributed by atoms with van der Waals surface area (Å²) in [7, 11) is 0. The van der Waals surface area contributed by atoms with Crippen molar-refractivity contribution in [3.8, 4) is 18.7 Å². The number of halogens is 2. The first-order valence-electron chi connectivity index (χ1n) is 9.44. The van der Waals surface area contributed by atoms with E-state index in [1.807, 2.05) is 12.1 Å². The minimum Gasteiger partial charge on any atom is -0.361 e. The summed E-state index contributed by atoms with van der Waals surface area (Å²) < 4.78 is 15.1. The van der Waals surface area contributed by atoms with E-state index < -0.39 is 6.08 Å². The molecule has 0 spiro atoms. The molecule has 2 N–H and O–H groups in total. The third-order valence-corrected chi connectivity index (χ3v) is 3.54. The number of benzene rings is 1. The molecule has 0 aliphatic rings. The predicted molar refractivity (Wildman–Crippen MR) is 121 cm³/mol. The second-order valence-electron chi connectivity index (χ2n) is 6.84. The number of imidazole rings is 1. The molecule has 164 valence electrons. The topological polar surface area (TPSA) is 84.7 Å². The Morgan fingerprint density at radius 2 is 1.84 bits per heavy atom. The molecule has 0 saturated carbocycles. The summed E-state index contributed by atoms with van der Waals surface area (Å²) in [6.45, 7) is 6.82. The molecule has 3 rings (SSSR count). The molecule has 31 heavy (non-hydrogen) atoms. The molecule has 0 bridgehead atoms. The predicted octanol–water partition coefficient (Wildman–Crippen LogP) is 4.09. The number of amides is 1. The summed E-state index contributed by atoms with van der Waals surface area (Å²) in [4.78, 5) is 23.1. The van der Waals surface area contributed by atoms with Gasteiger partial charge in [-0.3, -0.25) is 9.36 Å². The lowest BCUT2D eigenvalue weighted by atomic mass is 10.2. The number of carbonyl (C=O) groups is 1. The molecular formula is C22H26ClFN6O. The maximum atomic E-state index is 13.5. The van der Waals surface area contributed by atoms with Crippen molar-refractivity contribution < 1.29 is 9.18 Å². The number of terminal acetylenes is 1. The molecule has 0 radical (unpaired) electrons. The van der Waals surface area contributed by atoms with Gasteiger partial charge in [-0.05, 0) is 23.6 Å². The summed E-state index contributed by atoms with van der Waals surface area (Å²) in [5.41, 5.74) is 0.924. The number of carbonyl (C=O) groups excluding carboxylic acids is 1. The van der Waals surface area contributed by atoms with Crippen LogP contribution in [0.5, 0.6) is 0 Å². The Balaban J connectivity index is 0.000000720. The third kappa shape index (κ3) is 10.2. The van der Waals surface area contributed by atoms with Crippen LogP contribution >= 0.6 is 11.6 Å². The van der Waals surface area contributed by atoms with Crippen molar-refractivity contribution >= 4 is 23.3 Å². The summed E-state index contributed by atoms with van der Waals surface area (Å²) in [6, 6.07) is 8.68. The quantitative estimate of drug-likeness (QED) is 0.441. The van der Waals surface area contributed by atoms with E-state index in [1.54, 1.807) is 24.5 Å². The Bertz CT molecular complexity index is 940. The third-order valence-electron chi connectivity index (χ3n) is 3.29. The molecule has 3 aromatic rings. The molecule has 0 saturated heterocycles. The maximum Gasteiger partial charge on any atom is 0.312 e. The van der Waals surface area contributed by atoms with Gasteiger partial charge in [0.1, 0.15) is 18.0 Å². The fraction of sp³-hybridized carbons (Fsp3) is 0.273. The number of hydrogen-bond donors (Lipinski definition) is 2. The van der Waals surface area contributed by atoms with Gasteiger partial charge < -0.3 is 10.6 Å². The van der Waals surface area contributed by atoms with Crippen molar-refractivity contribution in [2.24, 2.45) is 5.92 Å². The average molecular weight is 445 g/mol. The first-order chi connectivity index (χ1) is 14.8. The van der Waals surface area contributed by atoms with Gasteiger partial charge in [-0.2, -0.15) is 14.4 Å². The highest BCUT2D eigenvalue weighted by Crippen LogP contribution is 2.11. The molecule has 0 atom stereocenters. The Morgan fingerprint density at radius 3 is 2.42 bits per heavy atom. The number of aromatic nitrogens is 4. The van der Waals surface area contributed by atoms with Gasteiger partial charge in [-0.25, -0.2) is 4.98 Å². The number of anilines is 1. The fourth-order valence-corrected chi connectivity index (χ4v) is 2.19. The Morgan fingerprint density at radius 1 is 1.19 bits per heavy atom. The first-order valence-corrected chi connectivity index (χ1v) is 9.82. The summed E-state index contributed by atoms with van der Waals surface area (Å²) in [5, 5.41) is 6.16. The normalized spacial score (nSPS) is 9.68. The van der Waals surface area contributed by atoms with Gasteiger partial charge in [-0.1, -0.05) is 44.5 Å². The van der Waals surface area contributed by atoms with Gasteiger partial charge >= 0.3 is 6.08 Å². The van der Waals surface area contributed by atoms with Crippen LogP contribution in [-0.2, 0) is 11.3 Å². The molecule has 0 fully saturated rings. The van der Waals surface area contributed by atoms with Crippen LogP contribution < -0.4 is 10.6 Å². The van der Waals surface area contributed by atoms with Crippen LogP contribution in [0.1, 0.15) is 26.3 Å². The lowest BCUT2D eigenvalue weighted by Gasteiger charge is -2.09. The van der Waals surface area contributed by atoms with Crippen LogP contribution in [0.3, 0.4) is 0 Å². The standard InChI is InChI=1S/C16H14ClFN6O.C4H10.C2H2/c17-12-3-1-11(2-4-12)8-21-15(25)9-20-13-7-14(23-16(18)22-13)24-6-5-19-10-24;1-4(2)3;1-2/h1-7,10H,8-9H2,(H,21,25)(H,20,22,23);4H,1-3H3;1-2H. The Kier molecular flexibility index (Phi) is 11.3. The van der Waals surface area contributed by atoms with Gasteiger partial charge in [0.2, 0.25) is 5.91 Å². The molecule has 0 aliphatic heterocycles. The van der Waals surface area contributed by atoms with E-state index in [0.717, 1.165) is 11.5 Å². The van der Waals surface area contributed by atoms with Crippen molar-refractivity contribution in [1.29, 1.82) is 0 Å². The molecule has 7 nitrogen and oxygen atoms in total. The second-order valence-corrected chi connectivity index (χ2v) is 7.28. The van der Waals surface area contributed by atoms with E-state index in [4.69, 9.17) is 11.6 Å². The molecule has 1 aromatic carbocycles. The Labute approximate surface area is 187 Å². The number of nitrogens with zero attached hydrogens (tertiary/aromatic N) is 4. The van der Waals surface area contributed by atoms with Gasteiger partial charge in [0.05, 0.1) is 6.54 Å². The highest BCUT2D eigenvalue weighted by atomic mass is 35.5. The SMILES string of the molecule is C#C.CC(C)C.O=C(CNc1cc(-n2ccnc2)nc(F)n1)NCc1ccc(Cl)cc1. The molecule has 1 amide bonds. The van der Waals surface area contributed by atoms with E-state index in [-0.39, 0.29) is 18.3 Å². The van der Waals surface area contributed by atoms with E-state index in [1.165, 1.54) is 17.0 Å². The van der Waals surface area contributed by atoms with Gasteiger partial charge in [-0.15, -0.1) is 12.8 Å². The van der Waals surface area contributed by atoms with E-state index in [9.17, 15) is 9.18 Å². The van der Waals surface area contributed by atoms with Crippen LogP contribution in [0.4, 0.5) is 10.2 Å². The van der Waals surface area contributed by atoms with Crippen LogP contribution in [0.15, 0.2) is 49.1 Å². The summed E-state index contributed by atoms with van der Waals surface area (Å²) >= 11 is 5.81. The smallest absolute Gasteiger partial charge is 0.312 e. The lowest BCUT2D eigenvalue weighted by Crippen LogP contribution is -2.29. The van der Waals surface area contributed by atoms with Crippen LogP contribution in [-0.4, -0.2) is 32.0 Å². The second kappa shape index (κ2) is 13.7. The lowest BCUT2D eigenvalue weighted by molar-refractivity contribution is -0.119. The van der Waals surface area contributed by atoms with Crippen molar-refractivity contribution in [2.45, 2.75) is 27.3 Å². The van der Waals surface area contributed by atoms with Gasteiger partial charge in [0.25, 0.3) is 0 Å². The van der Waals surface area contributed by atoms with Crippen molar-refractivity contribution in [2.75, 3.05) is 11.9 Å². The molecule has 9 heteroatoms. The summed E-state index contributed by atoms with van der Waals surface area (Å²) in [6.07, 6.45) is 11.8. The fourth-order valence-electron chi connectivity index (χ4n) is 2.06.